The fourth-order valence-electron chi connectivity index (χ4n) is 1.11. The first kappa shape index (κ1) is 10.1. The van der Waals surface area contributed by atoms with Gasteiger partial charge in [0.05, 0.1) is 0 Å². The third-order valence-electron chi connectivity index (χ3n) is 1.63. The lowest BCUT2D eigenvalue weighted by Crippen LogP contribution is -2.06. The van der Waals surface area contributed by atoms with E-state index in [9.17, 15) is 0 Å². The van der Waals surface area contributed by atoms with Gasteiger partial charge in [-0.3, -0.25) is 0 Å². The van der Waals surface area contributed by atoms with Crippen LogP contribution in [0.15, 0.2) is 36.4 Å². The van der Waals surface area contributed by atoms with Crippen molar-refractivity contribution < 1.29 is 4.43 Å². The lowest BCUT2D eigenvalue weighted by Gasteiger charge is -2.12. The topological polar surface area (TPSA) is 9.23 Å². The van der Waals surface area contributed by atoms with Gasteiger partial charge in [0.1, 0.15) is 5.76 Å². The maximum atomic E-state index is 5.75. The first-order valence-corrected chi connectivity index (χ1v) is 6.84. The van der Waals surface area contributed by atoms with Gasteiger partial charge in [0.25, 0.3) is 9.04 Å². The van der Waals surface area contributed by atoms with E-state index in [4.69, 9.17) is 4.43 Å². The van der Waals surface area contributed by atoms with Crippen LogP contribution in [-0.4, -0.2) is 9.04 Å². The van der Waals surface area contributed by atoms with E-state index in [1.807, 2.05) is 31.2 Å². The summed E-state index contributed by atoms with van der Waals surface area (Å²) in [4.78, 5) is 0. The van der Waals surface area contributed by atoms with Crippen LogP contribution in [0.4, 0.5) is 0 Å². The summed E-state index contributed by atoms with van der Waals surface area (Å²) in [7, 11) is -0.661. The Bertz CT molecular complexity index is 277. The van der Waals surface area contributed by atoms with Crippen molar-refractivity contribution in [3.63, 3.8) is 0 Å². The highest BCUT2D eigenvalue weighted by Crippen LogP contribution is 2.15. The maximum absolute atomic E-state index is 5.75. The molecule has 2 heteroatoms. The van der Waals surface area contributed by atoms with Crippen molar-refractivity contribution in [2.75, 3.05) is 0 Å². The lowest BCUT2D eigenvalue weighted by molar-refractivity contribution is 0.536. The number of hydrogen-bond donors (Lipinski definition) is 0. The monoisotopic (exact) mass is 191 g/mol. The Morgan fingerprint density at radius 1 is 1.23 bits per heavy atom. The molecule has 0 bridgehead atoms. The Labute approximate surface area is 81.8 Å². The molecule has 0 saturated heterocycles. The van der Waals surface area contributed by atoms with Crippen molar-refractivity contribution in [1.82, 2.24) is 0 Å². The Morgan fingerprint density at radius 3 is 2.31 bits per heavy atom. The molecule has 0 spiro atoms. The number of allylic oxidation sites excluding steroid dienone is 1. The molecule has 0 heterocycles. The predicted molar refractivity (Wildman–Crippen MR) is 58.7 cm³/mol. The first-order valence-electron chi connectivity index (χ1n) is 4.43. The molecule has 0 aliphatic carbocycles. The standard InChI is InChI=1S/C11H15OSi/c1-4-11(12-13(2)3)10-8-6-5-7-9-10/h4-9H,1-3H3/b11-4+. The van der Waals surface area contributed by atoms with Crippen LogP contribution in [0.1, 0.15) is 12.5 Å². The minimum absolute atomic E-state index is 0.661. The summed E-state index contributed by atoms with van der Waals surface area (Å²) in [6.45, 7) is 6.28. The Kier molecular flexibility index (Phi) is 3.77. The molecule has 0 fully saturated rings. The average molecular weight is 191 g/mol. The van der Waals surface area contributed by atoms with Gasteiger partial charge in [-0.2, -0.15) is 0 Å². The molecule has 0 aliphatic heterocycles. The normalized spacial score (nSPS) is 11.8. The van der Waals surface area contributed by atoms with Gasteiger partial charge in [-0.15, -0.1) is 0 Å². The molecular weight excluding hydrogens is 176 g/mol. The fraction of sp³-hybridized carbons (Fsp3) is 0.273. The molecule has 1 aromatic carbocycles. The second-order valence-corrected chi connectivity index (χ2v) is 5.05. The third kappa shape index (κ3) is 3.07. The molecular formula is C11H15OSi. The zero-order valence-electron chi connectivity index (χ0n) is 8.37. The third-order valence-corrected chi connectivity index (χ3v) is 2.26. The van der Waals surface area contributed by atoms with Crippen molar-refractivity contribution in [2.45, 2.75) is 20.0 Å². The van der Waals surface area contributed by atoms with Gasteiger partial charge in [-0.25, -0.2) is 0 Å². The second-order valence-electron chi connectivity index (χ2n) is 3.03. The first-order chi connectivity index (χ1) is 6.24. The van der Waals surface area contributed by atoms with Gasteiger partial charge in [0.2, 0.25) is 0 Å². The molecule has 0 N–H and O–H groups in total. The fourth-order valence-corrected chi connectivity index (χ4v) is 1.78. The van der Waals surface area contributed by atoms with E-state index >= 15 is 0 Å². The van der Waals surface area contributed by atoms with Crippen LogP contribution in [0.25, 0.3) is 5.76 Å². The Morgan fingerprint density at radius 2 is 1.85 bits per heavy atom. The zero-order valence-corrected chi connectivity index (χ0v) is 9.37. The Hall–Kier alpha value is -1.02. The van der Waals surface area contributed by atoms with Crippen LogP contribution < -0.4 is 0 Å². The summed E-state index contributed by atoms with van der Waals surface area (Å²) in [5.74, 6) is 1.000. The van der Waals surface area contributed by atoms with Crippen LogP contribution in [0, 0.1) is 0 Å². The maximum Gasteiger partial charge on any atom is 0.274 e. The van der Waals surface area contributed by atoms with E-state index in [0.717, 1.165) is 11.3 Å². The van der Waals surface area contributed by atoms with Crippen LogP contribution in [-0.2, 0) is 4.43 Å². The van der Waals surface area contributed by atoms with Gasteiger partial charge in [0.15, 0.2) is 0 Å². The van der Waals surface area contributed by atoms with Gasteiger partial charge in [0, 0.05) is 5.56 Å². The van der Waals surface area contributed by atoms with E-state index in [0.29, 0.717) is 0 Å². The smallest absolute Gasteiger partial charge is 0.274 e. The van der Waals surface area contributed by atoms with E-state index in [1.165, 1.54) is 0 Å². The summed E-state index contributed by atoms with van der Waals surface area (Å²) >= 11 is 0. The van der Waals surface area contributed by atoms with E-state index in [2.05, 4.69) is 25.2 Å². The summed E-state index contributed by atoms with van der Waals surface area (Å²) in [5.41, 5.74) is 1.16. The second kappa shape index (κ2) is 4.87. The molecule has 1 radical (unpaired) electrons. The molecule has 0 unspecified atom stereocenters. The highest BCUT2D eigenvalue weighted by atomic mass is 28.3. The quantitative estimate of drug-likeness (QED) is 0.526. The lowest BCUT2D eigenvalue weighted by atomic mass is 10.2. The van der Waals surface area contributed by atoms with E-state index in [1.54, 1.807) is 0 Å². The van der Waals surface area contributed by atoms with E-state index in [-0.39, 0.29) is 0 Å². The van der Waals surface area contributed by atoms with Gasteiger partial charge in [-0.05, 0) is 26.1 Å². The highest BCUT2D eigenvalue weighted by Gasteiger charge is 2.04. The molecule has 13 heavy (non-hydrogen) atoms. The molecule has 0 atom stereocenters. The molecule has 0 saturated carbocycles. The highest BCUT2D eigenvalue weighted by molar-refractivity contribution is 6.49. The zero-order chi connectivity index (χ0) is 9.68. The van der Waals surface area contributed by atoms with Crippen LogP contribution >= 0.6 is 0 Å². The largest absolute Gasteiger partial charge is 0.542 e. The van der Waals surface area contributed by atoms with Crippen molar-refractivity contribution >= 4 is 14.8 Å². The summed E-state index contributed by atoms with van der Waals surface area (Å²) in [5, 5.41) is 0. The van der Waals surface area contributed by atoms with Crippen molar-refractivity contribution in [3.8, 4) is 0 Å². The summed E-state index contributed by atoms with van der Waals surface area (Å²) < 4.78 is 5.75. The van der Waals surface area contributed by atoms with Crippen molar-refractivity contribution in [3.05, 3.63) is 42.0 Å². The summed E-state index contributed by atoms with van der Waals surface area (Å²) in [6, 6.07) is 10.2. The summed E-state index contributed by atoms with van der Waals surface area (Å²) in [6.07, 6.45) is 2.02. The van der Waals surface area contributed by atoms with Crippen molar-refractivity contribution in [2.24, 2.45) is 0 Å². The minimum atomic E-state index is -0.661. The molecule has 0 aromatic heterocycles. The van der Waals surface area contributed by atoms with Gasteiger partial charge >= 0.3 is 0 Å². The average Bonchev–Trinajstić information content (AvgIpc) is 2.15. The van der Waals surface area contributed by atoms with Crippen LogP contribution in [0.5, 0.6) is 0 Å². The Balaban J connectivity index is 2.80. The van der Waals surface area contributed by atoms with Crippen LogP contribution in [0.2, 0.25) is 13.1 Å². The minimum Gasteiger partial charge on any atom is -0.542 e. The van der Waals surface area contributed by atoms with E-state index < -0.39 is 9.04 Å². The molecule has 1 nitrogen and oxygen atoms in total. The molecule has 0 aliphatic rings. The van der Waals surface area contributed by atoms with Crippen molar-refractivity contribution in [1.29, 1.82) is 0 Å². The van der Waals surface area contributed by atoms with Gasteiger partial charge in [-0.1, -0.05) is 30.3 Å². The molecule has 0 amide bonds. The van der Waals surface area contributed by atoms with Gasteiger partial charge < -0.3 is 4.43 Å². The molecule has 69 valence electrons. The number of hydrogen-bond acceptors (Lipinski definition) is 1. The number of rotatable bonds is 3. The molecule has 1 aromatic rings. The van der Waals surface area contributed by atoms with Crippen LogP contribution in [0.3, 0.4) is 0 Å². The predicted octanol–water partition coefficient (Wildman–Crippen LogP) is 3.32. The number of benzene rings is 1. The SMILES string of the molecule is C/C=C(/O[Si](C)C)c1ccccc1. The molecule has 1 rings (SSSR count).